The molecule has 1 atom stereocenters. The molecule has 1 aliphatic rings. The Kier molecular flexibility index (Phi) is 3.91. The van der Waals surface area contributed by atoms with Gasteiger partial charge in [-0.3, -0.25) is 0 Å². The van der Waals surface area contributed by atoms with Gasteiger partial charge < -0.3 is 10.1 Å². The molecule has 0 spiro atoms. The van der Waals surface area contributed by atoms with E-state index in [1.54, 1.807) is 0 Å². The summed E-state index contributed by atoms with van der Waals surface area (Å²) in [5, 5.41) is 3.64. The van der Waals surface area contributed by atoms with Gasteiger partial charge >= 0.3 is 0 Å². The summed E-state index contributed by atoms with van der Waals surface area (Å²) in [6.45, 7) is 3.86. The van der Waals surface area contributed by atoms with Crippen LogP contribution in [0.1, 0.15) is 27.8 Å². The maximum absolute atomic E-state index is 5.71. The summed E-state index contributed by atoms with van der Waals surface area (Å²) >= 11 is 5.39. The molecule has 0 saturated carbocycles. The lowest BCUT2D eigenvalue weighted by molar-refractivity contribution is 0.252. The molecule has 1 aliphatic heterocycles. The van der Waals surface area contributed by atoms with Crippen molar-refractivity contribution in [2.75, 3.05) is 6.61 Å². The van der Waals surface area contributed by atoms with E-state index in [0.717, 1.165) is 29.8 Å². The van der Waals surface area contributed by atoms with Crippen LogP contribution in [0, 0.1) is 6.92 Å². The molecule has 0 amide bonds. The second-order valence-electron chi connectivity index (χ2n) is 4.77. The number of thiophene rings is 1. The second kappa shape index (κ2) is 5.65. The molecule has 19 heavy (non-hydrogen) atoms. The minimum absolute atomic E-state index is 0.378. The molecular weight excluding hydrogens is 322 g/mol. The first kappa shape index (κ1) is 13.2. The third-order valence-corrected chi connectivity index (χ3v) is 4.82. The van der Waals surface area contributed by atoms with Crippen molar-refractivity contribution in [2.45, 2.75) is 25.9 Å². The number of benzene rings is 1. The van der Waals surface area contributed by atoms with Gasteiger partial charge in [0.25, 0.3) is 0 Å². The summed E-state index contributed by atoms with van der Waals surface area (Å²) in [4.78, 5) is 2.76. The van der Waals surface area contributed by atoms with Gasteiger partial charge in [-0.05, 0) is 37.3 Å². The van der Waals surface area contributed by atoms with Gasteiger partial charge in [-0.2, -0.15) is 0 Å². The van der Waals surface area contributed by atoms with E-state index in [1.165, 1.54) is 15.3 Å². The molecule has 1 unspecified atom stereocenters. The minimum Gasteiger partial charge on any atom is -0.493 e. The minimum atomic E-state index is 0.378. The van der Waals surface area contributed by atoms with E-state index in [4.69, 9.17) is 4.74 Å². The predicted molar refractivity (Wildman–Crippen MR) is 82.9 cm³/mol. The molecule has 1 N–H and O–H groups in total. The van der Waals surface area contributed by atoms with Gasteiger partial charge in [-0.25, -0.2) is 0 Å². The van der Waals surface area contributed by atoms with E-state index in [9.17, 15) is 0 Å². The van der Waals surface area contributed by atoms with Crippen molar-refractivity contribution in [1.82, 2.24) is 5.32 Å². The molecule has 2 aromatic rings. The Bertz CT molecular complexity index is 581. The van der Waals surface area contributed by atoms with Gasteiger partial charge in [0, 0.05) is 38.8 Å². The highest BCUT2D eigenvalue weighted by Gasteiger charge is 2.21. The van der Waals surface area contributed by atoms with E-state index in [0.29, 0.717) is 6.04 Å². The van der Waals surface area contributed by atoms with Crippen LogP contribution in [-0.4, -0.2) is 6.61 Å². The summed E-state index contributed by atoms with van der Waals surface area (Å²) in [5.74, 6) is 1.01. The summed E-state index contributed by atoms with van der Waals surface area (Å²) in [7, 11) is 0. The molecule has 1 aromatic carbocycles. The fourth-order valence-corrected chi connectivity index (χ4v) is 3.60. The Balaban J connectivity index is 1.74. The molecule has 1 aromatic heterocycles. The maximum Gasteiger partial charge on any atom is 0.124 e. The summed E-state index contributed by atoms with van der Waals surface area (Å²) in [6.07, 6.45) is 1.02. The zero-order valence-corrected chi connectivity index (χ0v) is 13.2. The van der Waals surface area contributed by atoms with Gasteiger partial charge in [0.15, 0.2) is 0 Å². The van der Waals surface area contributed by atoms with Crippen LogP contribution in [-0.2, 0) is 6.54 Å². The fraction of sp³-hybridized carbons (Fsp3) is 0.333. The Hall–Kier alpha value is -0.840. The van der Waals surface area contributed by atoms with E-state index in [1.807, 2.05) is 23.5 Å². The van der Waals surface area contributed by atoms with Crippen LogP contribution in [0.4, 0.5) is 0 Å². The van der Waals surface area contributed by atoms with Crippen molar-refractivity contribution in [2.24, 2.45) is 0 Å². The SMILES string of the molecule is Cc1ccc(CNC2CCOc3ccc(Br)cc32)s1. The van der Waals surface area contributed by atoms with Crippen molar-refractivity contribution in [3.05, 3.63) is 50.1 Å². The monoisotopic (exact) mass is 337 g/mol. The van der Waals surface area contributed by atoms with Crippen LogP contribution in [0.3, 0.4) is 0 Å². The maximum atomic E-state index is 5.71. The number of hydrogen-bond acceptors (Lipinski definition) is 3. The standard InChI is InChI=1S/C15H16BrNOS/c1-10-2-4-12(19-10)9-17-14-6-7-18-15-5-3-11(16)8-13(14)15/h2-5,8,14,17H,6-7,9H2,1H3. The molecule has 4 heteroatoms. The van der Waals surface area contributed by atoms with E-state index in [-0.39, 0.29) is 0 Å². The number of fused-ring (bicyclic) bond motifs is 1. The van der Waals surface area contributed by atoms with Crippen LogP contribution in [0.25, 0.3) is 0 Å². The number of aryl methyl sites for hydroxylation is 1. The number of hydrogen-bond donors (Lipinski definition) is 1. The second-order valence-corrected chi connectivity index (χ2v) is 7.05. The Morgan fingerprint density at radius 2 is 2.26 bits per heavy atom. The predicted octanol–water partition coefficient (Wildman–Crippen LogP) is 4.43. The normalized spacial score (nSPS) is 17.9. The Labute approximate surface area is 125 Å². The first-order chi connectivity index (χ1) is 9.22. The topological polar surface area (TPSA) is 21.3 Å². The van der Waals surface area contributed by atoms with E-state index < -0.39 is 0 Å². The lowest BCUT2D eigenvalue weighted by atomic mass is 10.0. The van der Waals surface area contributed by atoms with Gasteiger partial charge in [0.2, 0.25) is 0 Å². The summed E-state index contributed by atoms with van der Waals surface area (Å²) in [6, 6.07) is 11.0. The average molecular weight is 338 g/mol. The van der Waals surface area contributed by atoms with Crippen LogP contribution in [0.15, 0.2) is 34.8 Å². The molecular formula is C15H16BrNOS. The third-order valence-electron chi connectivity index (χ3n) is 3.33. The molecule has 0 radical (unpaired) electrons. The largest absolute Gasteiger partial charge is 0.493 e. The van der Waals surface area contributed by atoms with Crippen LogP contribution >= 0.6 is 27.3 Å². The van der Waals surface area contributed by atoms with Crippen LogP contribution in [0.2, 0.25) is 0 Å². The summed E-state index contributed by atoms with van der Waals surface area (Å²) < 4.78 is 6.81. The fourth-order valence-electron chi connectivity index (χ4n) is 2.38. The molecule has 0 aliphatic carbocycles. The van der Waals surface area contributed by atoms with Crippen LogP contribution < -0.4 is 10.1 Å². The highest BCUT2D eigenvalue weighted by molar-refractivity contribution is 9.10. The lowest BCUT2D eigenvalue weighted by Gasteiger charge is -2.27. The van der Waals surface area contributed by atoms with Gasteiger partial charge in [-0.15, -0.1) is 11.3 Å². The molecule has 2 heterocycles. The lowest BCUT2D eigenvalue weighted by Crippen LogP contribution is -2.26. The first-order valence-electron chi connectivity index (χ1n) is 6.43. The highest BCUT2D eigenvalue weighted by Crippen LogP contribution is 2.34. The van der Waals surface area contributed by atoms with Crippen molar-refractivity contribution >= 4 is 27.3 Å². The van der Waals surface area contributed by atoms with Crippen molar-refractivity contribution in [3.8, 4) is 5.75 Å². The number of ether oxygens (including phenoxy) is 1. The molecule has 2 nitrogen and oxygen atoms in total. The van der Waals surface area contributed by atoms with Crippen molar-refractivity contribution in [3.63, 3.8) is 0 Å². The first-order valence-corrected chi connectivity index (χ1v) is 8.04. The molecule has 0 bridgehead atoms. The van der Waals surface area contributed by atoms with Crippen molar-refractivity contribution in [1.29, 1.82) is 0 Å². The highest BCUT2D eigenvalue weighted by atomic mass is 79.9. The number of rotatable bonds is 3. The van der Waals surface area contributed by atoms with Gasteiger partial charge in [0.1, 0.15) is 5.75 Å². The Morgan fingerprint density at radius 3 is 3.05 bits per heavy atom. The zero-order chi connectivity index (χ0) is 13.2. The number of nitrogens with one attached hydrogen (secondary N) is 1. The molecule has 0 saturated heterocycles. The van der Waals surface area contributed by atoms with Gasteiger partial charge in [0.05, 0.1) is 6.61 Å². The van der Waals surface area contributed by atoms with Gasteiger partial charge in [-0.1, -0.05) is 15.9 Å². The Morgan fingerprint density at radius 1 is 1.37 bits per heavy atom. The third kappa shape index (κ3) is 3.02. The molecule has 3 rings (SSSR count). The van der Waals surface area contributed by atoms with E-state index in [2.05, 4.69) is 46.4 Å². The van der Waals surface area contributed by atoms with Crippen LogP contribution in [0.5, 0.6) is 5.75 Å². The molecule has 100 valence electrons. The van der Waals surface area contributed by atoms with E-state index >= 15 is 0 Å². The van der Waals surface area contributed by atoms with Crippen molar-refractivity contribution < 1.29 is 4.74 Å². The average Bonchev–Trinajstić information content (AvgIpc) is 2.82. The quantitative estimate of drug-likeness (QED) is 0.894. The smallest absolute Gasteiger partial charge is 0.124 e. The zero-order valence-electron chi connectivity index (χ0n) is 10.8. The number of halogens is 1. The molecule has 0 fully saturated rings. The summed E-state index contributed by atoms with van der Waals surface area (Å²) in [5.41, 5.74) is 1.26.